The average molecular weight is 492 g/mol. The second-order valence-electron chi connectivity index (χ2n) is 8.89. The highest BCUT2D eigenvalue weighted by molar-refractivity contribution is 7.51. The number of aromatic amines is 1. The van der Waals surface area contributed by atoms with Gasteiger partial charge >= 0.3 is 7.60 Å². The molecule has 1 heterocycles. The Morgan fingerprint density at radius 3 is 2.23 bits per heavy atom. The van der Waals surface area contributed by atoms with Crippen LogP contribution in [0.3, 0.4) is 0 Å². The topological polar surface area (TPSA) is 121 Å². The SMILES string of the molecule is C[C@@](N)(CCP(=O)(O)O)c1ncc(-c2ccc(OCCc3ccc(-c4ccccc4)cc3)cc2)[nH]1. The normalized spacial score (nSPS) is 13.4. The Bertz CT molecular complexity index is 1280. The molecule has 0 aliphatic carbocycles. The molecular weight excluding hydrogens is 461 g/mol. The summed E-state index contributed by atoms with van der Waals surface area (Å²) in [6, 6.07) is 26.5. The molecule has 0 unspecified atom stereocenters. The van der Waals surface area contributed by atoms with Crippen molar-refractivity contribution in [1.82, 2.24) is 9.97 Å². The number of nitrogens with zero attached hydrogens (tertiary/aromatic N) is 1. The Labute approximate surface area is 205 Å². The zero-order valence-corrected chi connectivity index (χ0v) is 20.5. The van der Waals surface area contributed by atoms with Gasteiger partial charge in [0.05, 0.1) is 30.2 Å². The van der Waals surface area contributed by atoms with E-state index in [0.29, 0.717) is 12.4 Å². The Morgan fingerprint density at radius 1 is 0.943 bits per heavy atom. The third-order valence-corrected chi connectivity index (χ3v) is 6.73. The minimum absolute atomic E-state index is 0.117. The molecule has 0 amide bonds. The van der Waals surface area contributed by atoms with Crippen LogP contribution >= 0.6 is 7.60 Å². The number of hydrogen-bond acceptors (Lipinski definition) is 4. The molecule has 0 saturated carbocycles. The maximum Gasteiger partial charge on any atom is 0.325 e. The molecule has 0 bridgehead atoms. The Kier molecular flexibility index (Phi) is 7.53. The van der Waals surface area contributed by atoms with E-state index in [-0.39, 0.29) is 12.6 Å². The highest BCUT2D eigenvalue weighted by Gasteiger charge is 2.28. The van der Waals surface area contributed by atoms with Gasteiger partial charge in [-0.15, -0.1) is 0 Å². The Morgan fingerprint density at radius 2 is 1.57 bits per heavy atom. The van der Waals surface area contributed by atoms with E-state index in [1.807, 2.05) is 42.5 Å². The number of benzene rings is 3. The predicted molar refractivity (Wildman–Crippen MR) is 138 cm³/mol. The summed E-state index contributed by atoms with van der Waals surface area (Å²) in [6.45, 7) is 2.28. The molecule has 8 heteroatoms. The van der Waals surface area contributed by atoms with Gasteiger partial charge in [0.15, 0.2) is 0 Å². The lowest BCUT2D eigenvalue weighted by atomic mass is 10.00. The van der Waals surface area contributed by atoms with Crippen molar-refractivity contribution >= 4 is 7.60 Å². The second kappa shape index (κ2) is 10.6. The van der Waals surface area contributed by atoms with E-state index >= 15 is 0 Å². The lowest BCUT2D eigenvalue weighted by molar-refractivity contribution is 0.322. The molecule has 0 aliphatic heterocycles. The van der Waals surface area contributed by atoms with E-state index in [1.54, 1.807) is 13.1 Å². The maximum atomic E-state index is 11.2. The molecule has 0 spiro atoms. The van der Waals surface area contributed by atoms with Gasteiger partial charge < -0.3 is 25.2 Å². The molecule has 35 heavy (non-hydrogen) atoms. The maximum absolute atomic E-state index is 11.2. The molecule has 0 aliphatic rings. The van der Waals surface area contributed by atoms with Crippen LogP contribution in [0, 0.1) is 0 Å². The van der Waals surface area contributed by atoms with Crippen molar-refractivity contribution in [2.45, 2.75) is 25.3 Å². The number of H-pyrrole nitrogens is 1. The van der Waals surface area contributed by atoms with Gasteiger partial charge in [-0.05, 0) is 59.9 Å². The molecule has 1 aromatic heterocycles. The third-order valence-electron chi connectivity index (χ3n) is 5.93. The number of aromatic nitrogens is 2. The first-order valence-corrected chi connectivity index (χ1v) is 13.3. The molecule has 0 radical (unpaired) electrons. The van der Waals surface area contributed by atoms with Gasteiger partial charge in [0.2, 0.25) is 0 Å². The van der Waals surface area contributed by atoms with E-state index < -0.39 is 13.1 Å². The first-order chi connectivity index (χ1) is 16.7. The molecule has 0 fully saturated rings. The Balaban J connectivity index is 1.31. The van der Waals surface area contributed by atoms with Crippen molar-refractivity contribution in [3.8, 4) is 28.1 Å². The number of ether oxygens (including phenoxy) is 1. The fraction of sp³-hybridized carbons (Fsp3) is 0.222. The first-order valence-electron chi connectivity index (χ1n) is 11.5. The summed E-state index contributed by atoms with van der Waals surface area (Å²) in [7, 11) is -4.12. The van der Waals surface area contributed by atoms with Crippen LogP contribution < -0.4 is 10.5 Å². The summed E-state index contributed by atoms with van der Waals surface area (Å²) in [5.41, 5.74) is 10.6. The summed E-state index contributed by atoms with van der Waals surface area (Å²) in [5.74, 6) is 1.26. The summed E-state index contributed by atoms with van der Waals surface area (Å²) < 4.78 is 17.1. The zero-order chi connectivity index (χ0) is 24.9. The molecule has 5 N–H and O–H groups in total. The van der Waals surface area contributed by atoms with E-state index in [1.165, 1.54) is 16.7 Å². The van der Waals surface area contributed by atoms with Crippen LogP contribution in [0.1, 0.15) is 24.7 Å². The number of nitrogens with two attached hydrogens (primary N) is 1. The predicted octanol–water partition coefficient (Wildman–Crippen LogP) is 5.11. The Hall–Kier alpha value is -3.22. The summed E-state index contributed by atoms with van der Waals surface area (Å²) in [4.78, 5) is 25.8. The van der Waals surface area contributed by atoms with Crippen molar-refractivity contribution < 1.29 is 19.1 Å². The largest absolute Gasteiger partial charge is 0.493 e. The summed E-state index contributed by atoms with van der Waals surface area (Å²) in [5, 5.41) is 0. The van der Waals surface area contributed by atoms with Gasteiger partial charge in [0, 0.05) is 6.42 Å². The molecular formula is C27H30N3O4P. The quantitative estimate of drug-likeness (QED) is 0.229. The molecule has 1 atom stereocenters. The molecule has 182 valence electrons. The van der Waals surface area contributed by atoms with Gasteiger partial charge in [0.1, 0.15) is 11.6 Å². The van der Waals surface area contributed by atoms with E-state index in [9.17, 15) is 4.57 Å². The van der Waals surface area contributed by atoms with Gasteiger partial charge in [-0.25, -0.2) is 4.98 Å². The smallest absolute Gasteiger partial charge is 0.325 e. The van der Waals surface area contributed by atoms with E-state index in [2.05, 4.69) is 46.4 Å². The summed E-state index contributed by atoms with van der Waals surface area (Å²) in [6.07, 6.45) is 2.31. The van der Waals surface area contributed by atoms with Gasteiger partial charge in [-0.3, -0.25) is 4.57 Å². The van der Waals surface area contributed by atoms with Crippen molar-refractivity contribution in [3.05, 3.63) is 96.4 Å². The monoisotopic (exact) mass is 491 g/mol. The van der Waals surface area contributed by atoms with Crippen LogP contribution in [-0.2, 0) is 16.5 Å². The van der Waals surface area contributed by atoms with Crippen molar-refractivity contribution in [3.63, 3.8) is 0 Å². The average Bonchev–Trinajstić information content (AvgIpc) is 3.35. The fourth-order valence-electron chi connectivity index (χ4n) is 3.77. The van der Waals surface area contributed by atoms with E-state index in [4.69, 9.17) is 20.3 Å². The first kappa shape index (κ1) is 24.9. The van der Waals surface area contributed by atoms with Crippen LogP contribution in [0.4, 0.5) is 0 Å². The van der Waals surface area contributed by atoms with Crippen LogP contribution in [-0.4, -0.2) is 32.5 Å². The van der Waals surface area contributed by atoms with Gasteiger partial charge in [0.25, 0.3) is 0 Å². The summed E-state index contributed by atoms with van der Waals surface area (Å²) >= 11 is 0. The van der Waals surface area contributed by atoms with Crippen LogP contribution in [0.2, 0.25) is 0 Å². The van der Waals surface area contributed by atoms with Crippen molar-refractivity contribution in [2.75, 3.05) is 12.8 Å². The van der Waals surface area contributed by atoms with Gasteiger partial charge in [-0.2, -0.15) is 0 Å². The standard InChI is InChI=1S/C27H30N3O4P/c1-27(28,16-18-35(31,32)33)26-29-19-25(30-26)23-11-13-24(14-12-23)34-17-15-20-7-9-22(10-8-20)21-5-3-2-4-6-21/h2-14,19H,15-18,28H2,1H3,(H,29,30)(H2,31,32,33)/t27-/m1/s1. The lowest BCUT2D eigenvalue weighted by Crippen LogP contribution is -2.35. The molecule has 0 saturated heterocycles. The van der Waals surface area contributed by atoms with E-state index in [0.717, 1.165) is 23.4 Å². The highest BCUT2D eigenvalue weighted by atomic mass is 31.2. The van der Waals surface area contributed by atoms with Crippen molar-refractivity contribution in [1.29, 1.82) is 0 Å². The number of imidazole rings is 1. The minimum Gasteiger partial charge on any atom is -0.493 e. The third kappa shape index (κ3) is 6.90. The second-order valence-corrected chi connectivity index (χ2v) is 10.7. The number of nitrogens with one attached hydrogen (secondary N) is 1. The lowest BCUT2D eigenvalue weighted by Gasteiger charge is -2.22. The number of rotatable bonds is 10. The van der Waals surface area contributed by atoms with Crippen molar-refractivity contribution in [2.24, 2.45) is 5.73 Å². The van der Waals surface area contributed by atoms with Crippen LogP contribution in [0.5, 0.6) is 5.75 Å². The van der Waals surface area contributed by atoms with Crippen LogP contribution in [0.15, 0.2) is 85.1 Å². The zero-order valence-electron chi connectivity index (χ0n) is 19.6. The molecule has 7 nitrogen and oxygen atoms in total. The number of hydrogen-bond donors (Lipinski definition) is 4. The minimum atomic E-state index is -4.12. The van der Waals surface area contributed by atoms with Gasteiger partial charge in [-0.1, -0.05) is 54.6 Å². The highest BCUT2D eigenvalue weighted by Crippen LogP contribution is 2.38. The fourth-order valence-corrected chi connectivity index (χ4v) is 4.52. The molecule has 4 aromatic rings. The molecule has 3 aromatic carbocycles. The molecule has 4 rings (SSSR count). The van der Waals surface area contributed by atoms with Crippen LogP contribution in [0.25, 0.3) is 22.4 Å².